The van der Waals surface area contributed by atoms with Crippen molar-refractivity contribution in [3.63, 3.8) is 0 Å². The molecule has 0 bridgehead atoms. The highest BCUT2D eigenvalue weighted by molar-refractivity contribution is 7.84. The zero-order chi connectivity index (χ0) is 13.8. The molecule has 0 aliphatic rings. The topological polar surface area (TPSA) is 61.5 Å². The van der Waals surface area contributed by atoms with Gasteiger partial charge >= 0.3 is 0 Å². The first-order valence-corrected chi connectivity index (χ1v) is 7.19. The predicted octanol–water partition coefficient (Wildman–Crippen LogP) is 1.69. The minimum absolute atomic E-state index is 0.415. The Kier molecular flexibility index (Phi) is 5.16. The van der Waals surface area contributed by atoms with E-state index in [-0.39, 0.29) is 0 Å². The van der Waals surface area contributed by atoms with E-state index in [0.717, 1.165) is 5.56 Å². The largest absolute Gasteiger partial charge is 0.493 e. The normalized spacial score (nSPS) is 13.2. The Morgan fingerprint density at radius 3 is 2.33 bits per heavy atom. The van der Waals surface area contributed by atoms with Crippen molar-refractivity contribution in [3.8, 4) is 11.5 Å². The van der Waals surface area contributed by atoms with Crippen LogP contribution in [0.5, 0.6) is 11.5 Å². The van der Waals surface area contributed by atoms with Crippen molar-refractivity contribution in [3.05, 3.63) is 23.8 Å². The zero-order valence-electron chi connectivity index (χ0n) is 11.4. The van der Waals surface area contributed by atoms with Crippen molar-refractivity contribution in [2.45, 2.75) is 25.1 Å². The summed E-state index contributed by atoms with van der Waals surface area (Å²) in [5.41, 5.74) is 6.39. The van der Waals surface area contributed by atoms with Crippen LogP contribution in [0.2, 0.25) is 0 Å². The highest BCUT2D eigenvalue weighted by Gasteiger charge is 2.16. The van der Waals surface area contributed by atoms with Gasteiger partial charge < -0.3 is 15.2 Å². The lowest BCUT2D eigenvalue weighted by molar-refractivity contribution is 0.354. The van der Waals surface area contributed by atoms with Crippen LogP contribution in [0.3, 0.4) is 0 Å². The van der Waals surface area contributed by atoms with Crippen molar-refractivity contribution >= 4 is 10.8 Å². The molecule has 1 unspecified atom stereocenters. The van der Waals surface area contributed by atoms with Crippen LogP contribution >= 0.6 is 0 Å². The summed E-state index contributed by atoms with van der Waals surface area (Å²) in [5, 5.41) is 0. The molecular formula is C13H21NO3S. The fourth-order valence-electron chi connectivity index (χ4n) is 1.62. The molecule has 0 spiro atoms. The highest BCUT2D eigenvalue weighted by Crippen LogP contribution is 2.28. The van der Waals surface area contributed by atoms with Crippen molar-refractivity contribution < 1.29 is 13.7 Å². The smallest absolute Gasteiger partial charge is 0.161 e. The number of benzene rings is 1. The third-order valence-electron chi connectivity index (χ3n) is 2.31. The Balaban J connectivity index is 2.76. The molecule has 0 aromatic heterocycles. The number of methoxy groups -OCH3 is 2. The Labute approximate surface area is 111 Å². The molecule has 0 fully saturated rings. The van der Waals surface area contributed by atoms with Gasteiger partial charge in [-0.1, -0.05) is 6.07 Å². The maximum atomic E-state index is 11.9. The molecule has 0 heterocycles. The lowest BCUT2D eigenvalue weighted by atomic mass is 10.1. The Hall–Kier alpha value is -1.07. The van der Waals surface area contributed by atoms with E-state index in [1.54, 1.807) is 14.2 Å². The summed E-state index contributed by atoms with van der Waals surface area (Å²) in [6, 6.07) is 5.56. The lowest BCUT2D eigenvalue weighted by Gasteiger charge is -2.17. The quantitative estimate of drug-likeness (QED) is 0.855. The summed E-state index contributed by atoms with van der Waals surface area (Å²) in [6.45, 7) is 3.75. The van der Waals surface area contributed by atoms with Gasteiger partial charge in [0.05, 0.1) is 14.2 Å². The van der Waals surface area contributed by atoms with Gasteiger partial charge in [-0.15, -0.1) is 0 Å². The molecule has 0 saturated heterocycles. The SMILES string of the molecule is COc1ccc(CS(=O)CC(C)(C)N)cc1OC. The predicted molar refractivity (Wildman–Crippen MR) is 74.5 cm³/mol. The molecule has 4 nitrogen and oxygen atoms in total. The molecule has 5 heteroatoms. The van der Waals surface area contributed by atoms with Crippen LogP contribution < -0.4 is 15.2 Å². The minimum atomic E-state index is -0.981. The lowest BCUT2D eigenvalue weighted by Crippen LogP contribution is -2.38. The fourth-order valence-corrected chi connectivity index (χ4v) is 3.11. The van der Waals surface area contributed by atoms with Crippen molar-refractivity contribution in [2.24, 2.45) is 5.73 Å². The average molecular weight is 271 g/mol. The molecule has 18 heavy (non-hydrogen) atoms. The van der Waals surface area contributed by atoms with Gasteiger partial charge in [0.2, 0.25) is 0 Å². The Bertz CT molecular complexity index is 427. The van der Waals surface area contributed by atoms with E-state index < -0.39 is 16.3 Å². The van der Waals surface area contributed by atoms with E-state index in [0.29, 0.717) is 23.0 Å². The summed E-state index contributed by atoms with van der Waals surface area (Å²) in [7, 11) is 2.19. The monoisotopic (exact) mass is 271 g/mol. The summed E-state index contributed by atoms with van der Waals surface area (Å²) in [5.74, 6) is 2.27. The minimum Gasteiger partial charge on any atom is -0.493 e. The average Bonchev–Trinajstić information content (AvgIpc) is 2.26. The molecule has 2 N–H and O–H groups in total. The molecule has 1 aromatic carbocycles. The molecule has 1 atom stereocenters. The molecule has 0 saturated carbocycles. The number of hydrogen-bond acceptors (Lipinski definition) is 4. The molecule has 1 aromatic rings. The maximum Gasteiger partial charge on any atom is 0.161 e. The van der Waals surface area contributed by atoms with Crippen molar-refractivity contribution in [1.82, 2.24) is 0 Å². The van der Waals surface area contributed by atoms with E-state index >= 15 is 0 Å². The zero-order valence-corrected chi connectivity index (χ0v) is 12.2. The van der Waals surface area contributed by atoms with Gasteiger partial charge in [0.1, 0.15) is 0 Å². The number of rotatable bonds is 6. The second-order valence-electron chi connectivity index (χ2n) is 4.91. The van der Waals surface area contributed by atoms with Gasteiger partial charge in [0.15, 0.2) is 11.5 Å². The standard InChI is InChI=1S/C13H21NO3S/c1-13(2,14)9-18(15)8-10-5-6-11(16-3)12(7-10)17-4/h5-7H,8-9,14H2,1-4H3. The maximum absolute atomic E-state index is 11.9. The first kappa shape index (κ1) is 15.0. The molecular weight excluding hydrogens is 250 g/mol. The second kappa shape index (κ2) is 6.20. The van der Waals surface area contributed by atoms with E-state index in [2.05, 4.69) is 0 Å². The van der Waals surface area contributed by atoms with Crippen LogP contribution in [0.25, 0.3) is 0 Å². The van der Waals surface area contributed by atoms with Gasteiger partial charge in [-0.3, -0.25) is 4.21 Å². The van der Waals surface area contributed by atoms with E-state index in [9.17, 15) is 4.21 Å². The van der Waals surface area contributed by atoms with Crippen molar-refractivity contribution in [2.75, 3.05) is 20.0 Å². The van der Waals surface area contributed by atoms with Crippen LogP contribution in [0.1, 0.15) is 19.4 Å². The molecule has 0 aliphatic heterocycles. The number of ether oxygens (including phenoxy) is 2. The van der Waals surface area contributed by atoms with Crippen LogP contribution in [0.15, 0.2) is 18.2 Å². The van der Waals surface area contributed by atoms with Crippen LogP contribution in [-0.4, -0.2) is 29.7 Å². The molecule has 102 valence electrons. The number of nitrogens with two attached hydrogens (primary N) is 1. The van der Waals surface area contributed by atoms with Crippen LogP contribution in [-0.2, 0) is 16.6 Å². The van der Waals surface area contributed by atoms with Crippen LogP contribution in [0, 0.1) is 0 Å². The number of hydrogen-bond donors (Lipinski definition) is 1. The highest BCUT2D eigenvalue weighted by atomic mass is 32.2. The summed E-state index contributed by atoms with van der Waals surface area (Å²) < 4.78 is 22.3. The van der Waals surface area contributed by atoms with Gasteiger partial charge in [-0.25, -0.2) is 0 Å². The Morgan fingerprint density at radius 2 is 1.83 bits per heavy atom. The Morgan fingerprint density at radius 1 is 1.22 bits per heavy atom. The second-order valence-corrected chi connectivity index (χ2v) is 6.36. The summed E-state index contributed by atoms with van der Waals surface area (Å²) in [6.07, 6.45) is 0. The van der Waals surface area contributed by atoms with E-state index in [1.165, 1.54) is 0 Å². The third kappa shape index (κ3) is 4.66. The molecule has 0 aliphatic carbocycles. The molecule has 0 radical (unpaired) electrons. The van der Waals surface area contributed by atoms with Gasteiger partial charge in [-0.2, -0.15) is 0 Å². The van der Waals surface area contributed by atoms with Crippen molar-refractivity contribution in [1.29, 1.82) is 0 Å². The summed E-state index contributed by atoms with van der Waals surface area (Å²) >= 11 is 0. The first-order chi connectivity index (χ1) is 8.35. The fraction of sp³-hybridized carbons (Fsp3) is 0.538. The summed E-state index contributed by atoms with van der Waals surface area (Å²) in [4.78, 5) is 0. The van der Waals surface area contributed by atoms with E-state index in [4.69, 9.17) is 15.2 Å². The van der Waals surface area contributed by atoms with E-state index in [1.807, 2.05) is 32.0 Å². The first-order valence-electron chi connectivity index (χ1n) is 5.70. The molecule has 1 rings (SSSR count). The van der Waals surface area contributed by atoms with Gasteiger partial charge in [-0.05, 0) is 31.5 Å². The molecule has 0 amide bonds. The van der Waals surface area contributed by atoms with Crippen LogP contribution in [0.4, 0.5) is 0 Å². The van der Waals surface area contributed by atoms with Gasteiger partial charge in [0, 0.05) is 27.8 Å². The third-order valence-corrected chi connectivity index (χ3v) is 4.03. The van der Waals surface area contributed by atoms with Gasteiger partial charge in [0.25, 0.3) is 0 Å².